The Kier molecular flexibility index (Phi) is 30.0. The van der Waals surface area contributed by atoms with Crippen molar-refractivity contribution in [3.05, 3.63) is 28.4 Å². The minimum Gasteiger partial charge on any atom is -0.370 e. The first-order chi connectivity index (χ1) is 34.0. The van der Waals surface area contributed by atoms with E-state index in [0.29, 0.717) is 6.42 Å². The highest BCUT2D eigenvalue weighted by Crippen LogP contribution is 2.35. The second kappa shape index (κ2) is 34.6. The van der Waals surface area contributed by atoms with Gasteiger partial charge in [0.15, 0.2) is 34.8 Å². The number of amides is 6. The maximum atomic E-state index is 14.3. The van der Waals surface area contributed by atoms with Gasteiger partial charge in [-0.05, 0) is 81.1 Å². The summed E-state index contributed by atoms with van der Waals surface area (Å²) in [5.74, 6) is -6.33. The first-order valence-electron chi connectivity index (χ1n) is 22.2. The van der Waals surface area contributed by atoms with Crippen LogP contribution in [0.25, 0.3) is 0 Å². The van der Waals surface area contributed by atoms with E-state index in [2.05, 4.69) is 56.5 Å². The number of carbonyl (C=O) groups is 6. The number of hydrogen-bond donors (Lipinski definition) is 17. The zero-order valence-electron chi connectivity index (χ0n) is 39.7. The van der Waals surface area contributed by atoms with Gasteiger partial charge in [0, 0.05) is 50.7 Å². The molecule has 6 atom stereocenters. The minimum atomic E-state index is -1.42. The third-order valence-electron chi connectivity index (χ3n) is 9.60. The van der Waals surface area contributed by atoms with Gasteiger partial charge < -0.3 is 95.4 Å². The zero-order valence-corrected chi connectivity index (χ0v) is 41.3. The van der Waals surface area contributed by atoms with Crippen LogP contribution in [-0.4, -0.2) is 150 Å². The van der Waals surface area contributed by atoms with E-state index in [1.165, 1.54) is 18.3 Å². The molecule has 1 rings (SSSR count). The number of primary amides is 1. The molecular formula is C38H70N24O8S2. The van der Waals surface area contributed by atoms with Crippen molar-refractivity contribution in [2.24, 2.45) is 93.8 Å². The van der Waals surface area contributed by atoms with E-state index in [1.807, 2.05) is 0 Å². The number of nitrogens with two attached hydrogens (primary N) is 12. The molecule has 0 unspecified atom stereocenters. The standard InChI is InChI=1S/C38H70N24O8S2/c39-20(7-1-14-52-34(41)42)28(64)57-21(8-2-15-53-35(43)44)29(65)58-22(9-3-16-54-36(45)46)30(66)59-23(10-4-17-55-37(47)48)31(67)60-24(11-5-18-56-38(49)50)32(68)61-25(27(40)63)19-71-72-33-26(62(69)70)12-6-13-51-33/h6,12-13,20-25H,1-5,7-11,14-19,39H2,(H2,40,63)(H,57,64)(H,58,65)(H,59,66)(H,60,67)(H,61,68)(H4,41,42,52)(H4,43,44,53)(H4,45,46,54)(H4,47,48,55)(H4,49,50,56)/t20-,21-,22-,23-,24-,25-/m0/s1. The van der Waals surface area contributed by atoms with Crippen molar-refractivity contribution in [3.8, 4) is 0 Å². The zero-order chi connectivity index (χ0) is 54.2. The largest absolute Gasteiger partial charge is 0.370 e. The topological polar surface area (TPSA) is 593 Å². The van der Waals surface area contributed by atoms with Crippen molar-refractivity contribution in [1.29, 1.82) is 0 Å². The lowest BCUT2D eigenvalue weighted by atomic mass is 10.0. The summed E-state index contributed by atoms with van der Waals surface area (Å²) in [5, 5.41) is 24.5. The number of aromatic nitrogens is 1. The number of guanidine groups is 5. The average Bonchev–Trinajstić information content (AvgIpc) is 3.30. The number of rotatable bonds is 36. The second-order valence-electron chi connectivity index (χ2n) is 15.5. The summed E-state index contributed by atoms with van der Waals surface area (Å²) in [7, 11) is 1.82. The lowest BCUT2D eigenvalue weighted by Crippen LogP contribution is -2.59. The number of aliphatic imine (C=N–C) groups is 5. The Morgan fingerprint density at radius 1 is 0.528 bits per heavy atom. The molecular weight excluding hydrogens is 985 g/mol. The Bertz CT molecular complexity index is 2090. The van der Waals surface area contributed by atoms with Crippen LogP contribution in [0.15, 0.2) is 48.3 Å². The van der Waals surface area contributed by atoms with Crippen LogP contribution in [0, 0.1) is 10.1 Å². The Labute approximate surface area is 422 Å². The second-order valence-corrected chi connectivity index (χ2v) is 17.8. The number of nitro groups is 1. The molecule has 1 heterocycles. The van der Waals surface area contributed by atoms with E-state index in [0.717, 1.165) is 21.6 Å². The van der Waals surface area contributed by atoms with E-state index in [9.17, 15) is 38.9 Å². The monoisotopic (exact) mass is 1050 g/mol. The minimum absolute atomic E-state index is 0.0123. The van der Waals surface area contributed by atoms with E-state index in [-0.39, 0.29) is 137 Å². The van der Waals surface area contributed by atoms with Crippen molar-refractivity contribution in [2.75, 3.05) is 38.5 Å². The molecule has 0 saturated carbocycles. The Balaban J connectivity index is 3.54. The molecule has 0 spiro atoms. The van der Waals surface area contributed by atoms with Crippen molar-refractivity contribution in [3.63, 3.8) is 0 Å². The Morgan fingerprint density at radius 3 is 1.17 bits per heavy atom. The molecule has 72 heavy (non-hydrogen) atoms. The molecule has 29 N–H and O–H groups in total. The van der Waals surface area contributed by atoms with Gasteiger partial charge in [0.05, 0.1) is 11.0 Å². The maximum absolute atomic E-state index is 14.3. The molecule has 0 radical (unpaired) electrons. The van der Waals surface area contributed by atoms with Crippen LogP contribution in [0.1, 0.15) is 64.2 Å². The highest BCUT2D eigenvalue weighted by molar-refractivity contribution is 8.76. The first kappa shape index (κ1) is 62.4. The molecule has 0 aromatic carbocycles. The highest BCUT2D eigenvalue weighted by atomic mass is 33.1. The van der Waals surface area contributed by atoms with Gasteiger partial charge in [-0.15, -0.1) is 0 Å². The first-order valence-corrected chi connectivity index (χ1v) is 24.6. The fraction of sp³-hybridized carbons (Fsp3) is 0.579. The third-order valence-corrected chi connectivity index (χ3v) is 11.9. The SMILES string of the molecule is NC(=O)[C@H](CSSc1ncccc1[N+](=O)[O-])NC(=O)[C@H](CCCN=C(N)N)NC(=O)[C@H](CCCN=C(N)N)NC(=O)[C@H](CCCN=C(N)N)NC(=O)[C@H](CCCN=C(N)N)NC(=O)[C@@H](N)CCCN=C(N)N. The van der Waals surface area contributed by atoms with Crippen LogP contribution in [0.2, 0.25) is 0 Å². The quantitative estimate of drug-likeness (QED) is 0.00742. The third kappa shape index (κ3) is 27.5. The molecule has 402 valence electrons. The average molecular weight is 1060 g/mol. The lowest BCUT2D eigenvalue weighted by Gasteiger charge is -2.27. The van der Waals surface area contributed by atoms with Crippen LogP contribution in [0.3, 0.4) is 0 Å². The highest BCUT2D eigenvalue weighted by Gasteiger charge is 2.33. The fourth-order valence-electron chi connectivity index (χ4n) is 6.05. The predicted octanol–water partition coefficient (Wildman–Crippen LogP) is -6.77. The van der Waals surface area contributed by atoms with Crippen molar-refractivity contribution < 1.29 is 33.7 Å². The normalized spacial score (nSPS) is 13.1. The van der Waals surface area contributed by atoms with Gasteiger partial charge in [-0.1, -0.05) is 10.8 Å². The van der Waals surface area contributed by atoms with Gasteiger partial charge in [-0.25, -0.2) is 4.98 Å². The van der Waals surface area contributed by atoms with Gasteiger partial charge >= 0.3 is 5.69 Å². The molecule has 34 heteroatoms. The van der Waals surface area contributed by atoms with Crippen LogP contribution >= 0.6 is 21.6 Å². The molecule has 1 aromatic rings. The Hall–Kier alpha value is -7.62. The molecule has 0 bridgehead atoms. The molecule has 0 aliphatic heterocycles. The van der Waals surface area contributed by atoms with Gasteiger partial charge in [-0.3, -0.25) is 63.8 Å². The van der Waals surface area contributed by atoms with Crippen LogP contribution in [0.4, 0.5) is 5.69 Å². The van der Waals surface area contributed by atoms with Crippen molar-refractivity contribution in [1.82, 2.24) is 31.6 Å². The molecule has 0 aliphatic rings. The van der Waals surface area contributed by atoms with Crippen LogP contribution in [0.5, 0.6) is 0 Å². The number of nitrogens with zero attached hydrogens (tertiary/aromatic N) is 7. The number of nitrogens with one attached hydrogen (secondary N) is 5. The summed E-state index contributed by atoms with van der Waals surface area (Å²) in [5.41, 5.74) is 66.1. The molecule has 0 fully saturated rings. The molecule has 0 aliphatic carbocycles. The van der Waals surface area contributed by atoms with E-state index < -0.39 is 76.6 Å². The molecule has 6 amide bonds. The molecule has 1 aromatic heterocycles. The smallest absolute Gasteiger partial charge is 0.302 e. The molecule has 0 saturated heterocycles. The summed E-state index contributed by atoms with van der Waals surface area (Å²) in [6.07, 6.45) is 2.08. The Morgan fingerprint density at radius 2 is 0.847 bits per heavy atom. The van der Waals surface area contributed by atoms with Gasteiger partial charge in [-0.2, -0.15) is 0 Å². The summed E-state index contributed by atoms with van der Waals surface area (Å²) >= 11 is 0. The van der Waals surface area contributed by atoms with Crippen LogP contribution in [-0.2, 0) is 28.8 Å². The summed E-state index contributed by atoms with van der Waals surface area (Å²) in [4.78, 5) is 117. The lowest BCUT2D eigenvalue weighted by molar-refractivity contribution is -0.388. The predicted molar refractivity (Wildman–Crippen MR) is 276 cm³/mol. The van der Waals surface area contributed by atoms with Gasteiger partial charge in [0.1, 0.15) is 30.2 Å². The van der Waals surface area contributed by atoms with Crippen molar-refractivity contribution >= 4 is 92.5 Å². The van der Waals surface area contributed by atoms with Crippen LogP contribution < -0.4 is 95.4 Å². The number of carbonyl (C=O) groups excluding carboxylic acids is 6. The summed E-state index contributed by atoms with van der Waals surface area (Å²) < 4.78 is 0. The van der Waals surface area contributed by atoms with Gasteiger partial charge in [0.25, 0.3) is 0 Å². The molecule has 32 nitrogen and oxygen atoms in total. The summed E-state index contributed by atoms with van der Waals surface area (Å²) in [6.45, 7) is 0.346. The summed E-state index contributed by atoms with van der Waals surface area (Å²) in [6, 6.07) is -5.26. The van der Waals surface area contributed by atoms with Gasteiger partial charge in [0.2, 0.25) is 35.4 Å². The maximum Gasteiger partial charge on any atom is 0.302 e. The fourth-order valence-corrected chi connectivity index (χ4v) is 8.27. The van der Waals surface area contributed by atoms with Crippen molar-refractivity contribution in [2.45, 2.75) is 105 Å². The van der Waals surface area contributed by atoms with E-state index in [1.54, 1.807) is 0 Å². The van der Waals surface area contributed by atoms with E-state index >= 15 is 0 Å². The number of hydrogen-bond acceptors (Lipinski definition) is 17. The van der Waals surface area contributed by atoms with E-state index in [4.69, 9.17) is 68.8 Å². The number of pyridine rings is 1.